The number of aromatic nitrogens is 5. The van der Waals surface area contributed by atoms with Gasteiger partial charge in [-0.2, -0.15) is 4.98 Å². The summed E-state index contributed by atoms with van der Waals surface area (Å²) < 4.78 is 11.0. The second-order valence-corrected chi connectivity index (χ2v) is 7.27. The van der Waals surface area contributed by atoms with Gasteiger partial charge in [-0.15, -0.1) is 0 Å². The monoisotopic (exact) mass is 393 g/mol. The van der Waals surface area contributed by atoms with Crippen molar-refractivity contribution in [3.63, 3.8) is 0 Å². The van der Waals surface area contributed by atoms with Gasteiger partial charge in [-0.3, -0.25) is 4.98 Å². The van der Waals surface area contributed by atoms with Crippen LogP contribution in [-0.4, -0.2) is 64.5 Å². The van der Waals surface area contributed by atoms with E-state index in [9.17, 15) is 0 Å². The lowest BCUT2D eigenvalue weighted by atomic mass is 9.97. The SMILES string of the molecule is c1ccc(-c2noc(C3CCN(c4cc(N5CCOCC5)ncn4)CC3)n2)nc1. The molecule has 5 heterocycles. The third kappa shape index (κ3) is 3.91. The minimum atomic E-state index is 0.261. The van der Waals surface area contributed by atoms with E-state index in [2.05, 4.69) is 41.0 Å². The van der Waals surface area contributed by atoms with Crippen molar-refractivity contribution in [2.75, 3.05) is 49.2 Å². The summed E-state index contributed by atoms with van der Waals surface area (Å²) in [6.45, 7) is 5.02. The molecule has 2 aliphatic heterocycles. The van der Waals surface area contributed by atoms with Crippen LogP contribution >= 0.6 is 0 Å². The first kappa shape index (κ1) is 18.0. The molecule has 0 spiro atoms. The summed E-state index contributed by atoms with van der Waals surface area (Å²) in [5, 5.41) is 4.10. The maximum absolute atomic E-state index is 5.53. The van der Waals surface area contributed by atoms with E-state index < -0.39 is 0 Å². The van der Waals surface area contributed by atoms with E-state index in [1.165, 1.54) is 0 Å². The Labute approximate surface area is 168 Å². The van der Waals surface area contributed by atoms with Crippen LogP contribution in [-0.2, 0) is 4.74 Å². The number of hydrogen-bond acceptors (Lipinski definition) is 9. The first-order chi connectivity index (χ1) is 14.4. The van der Waals surface area contributed by atoms with Crippen LogP contribution in [0.5, 0.6) is 0 Å². The first-order valence-electron chi connectivity index (χ1n) is 10.0. The van der Waals surface area contributed by atoms with Crippen molar-refractivity contribution in [2.45, 2.75) is 18.8 Å². The first-order valence-corrected chi connectivity index (χ1v) is 10.0. The van der Waals surface area contributed by atoms with Crippen molar-refractivity contribution in [3.05, 3.63) is 42.7 Å². The number of pyridine rings is 1. The maximum Gasteiger partial charge on any atom is 0.230 e. The van der Waals surface area contributed by atoms with E-state index in [1.807, 2.05) is 18.2 Å². The summed E-state index contributed by atoms with van der Waals surface area (Å²) >= 11 is 0. The highest BCUT2D eigenvalue weighted by Crippen LogP contribution is 2.30. The normalized spacial score (nSPS) is 18.2. The van der Waals surface area contributed by atoms with Gasteiger partial charge in [-0.25, -0.2) is 9.97 Å². The Morgan fingerprint density at radius 1 is 0.897 bits per heavy atom. The van der Waals surface area contributed by atoms with Crippen molar-refractivity contribution in [1.29, 1.82) is 0 Å². The van der Waals surface area contributed by atoms with Crippen LogP contribution in [0.3, 0.4) is 0 Å². The Hall–Kier alpha value is -3.07. The van der Waals surface area contributed by atoms with Gasteiger partial charge in [0.1, 0.15) is 23.7 Å². The average molecular weight is 393 g/mol. The summed E-state index contributed by atoms with van der Waals surface area (Å²) in [5.74, 6) is 3.45. The summed E-state index contributed by atoms with van der Waals surface area (Å²) in [4.78, 5) is 22.4. The van der Waals surface area contributed by atoms with Crippen LogP contribution in [0.4, 0.5) is 11.6 Å². The van der Waals surface area contributed by atoms with Gasteiger partial charge in [0.25, 0.3) is 0 Å². The fraction of sp³-hybridized carbons (Fsp3) is 0.450. The Morgan fingerprint density at radius 3 is 2.38 bits per heavy atom. The second kappa shape index (κ2) is 8.12. The third-order valence-electron chi connectivity index (χ3n) is 5.48. The minimum absolute atomic E-state index is 0.261. The molecule has 29 heavy (non-hydrogen) atoms. The molecule has 0 atom stereocenters. The molecule has 0 N–H and O–H groups in total. The molecule has 0 aromatic carbocycles. The van der Waals surface area contributed by atoms with Gasteiger partial charge in [-0.1, -0.05) is 11.2 Å². The lowest BCUT2D eigenvalue weighted by Crippen LogP contribution is -2.37. The van der Waals surface area contributed by atoms with Gasteiger partial charge >= 0.3 is 0 Å². The van der Waals surface area contributed by atoms with E-state index in [0.717, 1.165) is 69.6 Å². The van der Waals surface area contributed by atoms with Gasteiger partial charge in [0.05, 0.1) is 13.2 Å². The van der Waals surface area contributed by atoms with Gasteiger partial charge in [0.15, 0.2) is 0 Å². The minimum Gasteiger partial charge on any atom is -0.378 e. The molecule has 0 unspecified atom stereocenters. The highest BCUT2D eigenvalue weighted by molar-refractivity contribution is 5.51. The number of hydrogen-bond donors (Lipinski definition) is 0. The molecule has 0 saturated carbocycles. The summed E-state index contributed by atoms with van der Waals surface area (Å²) in [6.07, 6.45) is 5.28. The lowest BCUT2D eigenvalue weighted by Gasteiger charge is -2.32. The predicted molar refractivity (Wildman–Crippen MR) is 107 cm³/mol. The van der Waals surface area contributed by atoms with Gasteiger partial charge in [0.2, 0.25) is 11.7 Å². The number of ether oxygens (including phenoxy) is 1. The molecule has 3 aromatic rings. The second-order valence-electron chi connectivity index (χ2n) is 7.27. The summed E-state index contributed by atoms with van der Waals surface area (Å²) in [5.41, 5.74) is 0.733. The zero-order valence-electron chi connectivity index (χ0n) is 16.1. The summed E-state index contributed by atoms with van der Waals surface area (Å²) in [7, 11) is 0. The van der Waals surface area contributed by atoms with E-state index in [0.29, 0.717) is 11.7 Å². The molecule has 9 heteroatoms. The highest BCUT2D eigenvalue weighted by atomic mass is 16.5. The largest absolute Gasteiger partial charge is 0.378 e. The van der Waals surface area contributed by atoms with Crippen LogP contribution < -0.4 is 9.80 Å². The lowest BCUT2D eigenvalue weighted by molar-refractivity contribution is 0.122. The van der Waals surface area contributed by atoms with Crippen LogP contribution in [0, 0.1) is 0 Å². The third-order valence-corrected chi connectivity index (χ3v) is 5.48. The quantitative estimate of drug-likeness (QED) is 0.661. The molecule has 3 aromatic heterocycles. The number of nitrogens with zero attached hydrogens (tertiary/aromatic N) is 7. The van der Waals surface area contributed by atoms with Crippen LogP contribution in [0.1, 0.15) is 24.7 Å². The topological polar surface area (TPSA) is 93.3 Å². The Bertz CT molecular complexity index is 935. The van der Waals surface area contributed by atoms with E-state index in [-0.39, 0.29) is 5.92 Å². The van der Waals surface area contributed by atoms with Gasteiger partial charge in [-0.05, 0) is 25.0 Å². The fourth-order valence-electron chi connectivity index (χ4n) is 3.83. The molecule has 0 aliphatic carbocycles. The standard InChI is InChI=1S/C20H23N7O2/c1-2-6-21-16(3-1)19-24-20(29-25-19)15-4-7-26(8-5-15)17-13-18(23-14-22-17)27-9-11-28-12-10-27/h1-3,6,13-15H,4-5,7-12H2. The molecule has 0 bridgehead atoms. The number of morpholine rings is 1. The van der Waals surface area contributed by atoms with Gasteiger partial charge in [0, 0.05) is 44.4 Å². The molecule has 9 nitrogen and oxygen atoms in total. The molecular weight excluding hydrogens is 370 g/mol. The van der Waals surface area contributed by atoms with Crippen molar-refractivity contribution in [3.8, 4) is 11.5 Å². The number of anilines is 2. The molecule has 5 rings (SSSR count). The number of piperidine rings is 1. The van der Waals surface area contributed by atoms with E-state index >= 15 is 0 Å². The molecule has 150 valence electrons. The van der Waals surface area contributed by atoms with E-state index in [1.54, 1.807) is 12.5 Å². The Kier molecular flexibility index (Phi) is 5.04. The molecule has 0 amide bonds. The molecule has 2 fully saturated rings. The molecule has 2 aliphatic rings. The Morgan fingerprint density at radius 2 is 1.66 bits per heavy atom. The van der Waals surface area contributed by atoms with Crippen LogP contribution in [0.15, 0.2) is 41.3 Å². The maximum atomic E-state index is 5.53. The van der Waals surface area contributed by atoms with Crippen LogP contribution in [0.2, 0.25) is 0 Å². The van der Waals surface area contributed by atoms with Crippen molar-refractivity contribution < 1.29 is 9.26 Å². The molecule has 0 radical (unpaired) electrons. The molecule has 2 saturated heterocycles. The zero-order chi connectivity index (χ0) is 19.5. The number of rotatable bonds is 4. The highest BCUT2D eigenvalue weighted by Gasteiger charge is 2.27. The van der Waals surface area contributed by atoms with Crippen molar-refractivity contribution >= 4 is 11.6 Å². The zero-order valence-corrected chi connectivity index (χ0v) is 16.1. The predicted octanol–water partition coefficient (Wildman–Crippen LogP) is 2.14. The van der Waals surface area contributed by atoms with E-state index in [4.69, 9.17) is 9.26 Å². The average Bonchev–Trinajstić information content (AvgIpc) is 3.31. The fourth-order valence-corrected chi connectivity index (χ4v) is 3.83. The summed E-state index contributed by atoms with van der Waals surface area (Å²) in [6, 6.07) is 7.76. The van der Waals surface area contributed by atoms with Gasteiger partial charge < -0.3 is 19.1 Å². The van der Waals surface area contributed by atoms with Crippen molar-refractivity contribution in [2.24, 2.45) is 0 Å². The van der Waals surface area contributed by atoms with Crippen LogP contribution in [0.25, 0.3) is 11.5 Å². The van der Waals surface area contributed by atoms with Crippen molar-refractivity contribution in [1.82, 2.24) is 25.1 Å². The molecular formula is C20H23N7O2. The smallest absolute Gasteiger partial charge is 0.230 e. The Balaban J connectivity index is 1.23.